The van der Waals surface area contributed by atoms with Gasteiger partial charge in [0.05, 0.1) is 26.4 Å². The minimum absolute atomic E-state index is 0.0114. The van der Waals surface area contributed by atoms with E-state index in [1.807, 2.05) is 12.2 Å². The number of esters is 3. The van der Waals surface area contributed by atoms with E-state index in [1.165, 1.54) is 32.1 Å². The van der Waals surface area contributed by atoms with Crippen LogP contribution < -0.4 is 0 Å². The molecule has 0 aromatic rings. The zero-order valence-corrected chi connectivity index (χ0v) is 66.3. The molecule has 0 aliphatic heterocycles. The van der Waals surface area contributed by atoms with Crippen LogP contribution in [0.15, 0.2) is 207 Å². The van der Waals surface area contributed by atoms with Crippen LogP contribution in [-0.4, -0.2) is 95.9 Å². The summed E-state index contributed by atoms with van der Waals surface area (Å²) in [6.07, 6.45) is 103. The van der Waals surface area contributed by atoms with Crippen LogP contribution in [0.2, 0.25) is 0 Å². The van der Waals surface area contributed by atoms with Crippen molar-refractivity contribution in [2.24, 2.45) is 0 Å². The minimum Gasteiger partial charge on any atom is -0.463 e. The molecule has 5 unspecified atom stereocenters. The van der Waals surface area contributed by atoms with Gasteiger partial charge in [-0.1, -0.05) is 292 Å². The van der Waals surface area contributed by atoms with Crippen molar-refractivity contribution in [1.82, 2.24) is 0 Å². The number of ether oxygens (including phenoxy) is 3. The molecule has 105 heavy (non-hydrogen) atoms. The molecule has 0 heterocycles. The summed E-state index contributed by atoms with van der Waals surface area (Å²) >= 11 is 0. The lowest BCUT2D eigenvalue weighted by atomic mass is 10.1. The number of aliphatic hydroxyl groups is 2. The van der Waals surface area contributed by atoms with Gasteiger partial charge in [0.2, 0.25) is 0 Å². The van der Waals surface area contributed by atoms with Gasteiger partial charge in [-0.05, 0) is 161 Å². The third-order valence-corrected chi connectivity index (χ3v) is 17.4. The molecule has 592 valence electrons. The van der Waals surface area contributed by atoms with Crippen molar-refractivity contribution in [3.05, 3.63) is 207 Å². The van der Waals surface area contributed by atoms with Crippen LogP contribution in [0.4, 0.5) is 0 Å². The molecule has 0 radical (unpaired) electrons. The van der Waals surface area contributed by atoms with Gasteiger partial charge >= 0.3 is 33.6 Å². The summed E-state index contributed by atoms with van der Waals surface area (Å²) in [6.45, 7) is 2.20. The Balaban J connectivity index is 4.68. The summed E-state index contributed by atoms with van der Waals surface area (Å²) in [5, 5.41) is 20.6. The van der Waals surface area contributed by atoms with Crippen LogP contribution >= 0.6 is 15.6 Å². The second kappa shape index (κ2) is 77.7. The third kappa shape index (κ3) is 79.0. The Morgan fingerprint density at radius 1 is 0.267 bits per heavy atom. The molecule has 0 aliphatic rings. The third-order valence-electron chi connectivity index (χ3n) is 15.5. The van der Waals surface area contributed by atoms with E-state index < -0.39 is 91.5 Å². The van der Waals surface area contributed by atoms with E-state index in [9.17, 15) is 43.5 Å². The zero-order valence-electron chi connectivity index (χ0n) is 64.6. The maximum atomic E-state index is 13.0. The maximum Gasteiger partial charge on any atom is 0.472 e. The first-order valence-electron chi connectivity index (χ1n) is 39.4. The number of rotatable bonds is 72. The summed E-state index contributed by atoms with van der Waals surface area (Å²) in [4.78, 5) is 58.7. The Hall–Kier alpha value is -5.87. The number of carbonyl (C=O) groups is 3. The molecule has 0 aliphatic carbocycles. The van der Waals surface area contributed by atoms with Crippen LogP contribution in [-0.2, 0) is 55.8 Å². The van der Waals surface area contributed by atoms with Gasteiger partial charge < -0.3 is 34.2 Å². The van der Waals surface area contributed by atoms with Gasteiger partial charge in [-0.2, -0.15) is 0 Å². The lowest BCUT2D eigenvalue weighted by molar-refractivity contribution is -0.161. The van der Waals surface area contributed by atoms with Gasteiger partial charge in [0.1, 0.15) is 25.4 Å². The van der Waals surface area contributed by atoms with Crippen molar-refractivity contribution in [3.63, 3.8) is 0 Å². The van der Waals surface area contributed by atoms with E-state index in [0.29, 0.717) is 25.7 Å². The molecule has 0 bridgehead atoms. The van der Waals surface area contributed by atoms with Crippen molar-refractivity contribution in [3.8, 4) is 0 Å². The largest absolute Gasteiger partial charge is 0.472 e. The van der Waals surface area contributed by atoms with E-state index in [1.54, 1.807) is 0 Å². The van der Waals surface area contributed by atoms with Gasteiger partial charge in [0.25, 0.3) is 0 Å². The van der Waals surface area contributed by atoms with Crippen LogP contribution in [0.3, 0.4) is 0 Å². The van der Waals surface area contributed by atoms with Crippen molar-refractivity contribution in [2.45, 2.75) is 283 Å². The summed E-state index contributed by atoms with van der Waals surface area (Å²) in [7, 11) is -9.84. The smallest absolute Gasteiger partial charge is 0.463 e. The number of hydrogen-bond donors (Lipinski definition) is 4. The van der Waals surface area contributed by atoms with E-state index in [4.69, 9.17) is 32.3 Å². The Morgan fingerprint density at radius 2 is 0.486 bits per heavy atom. The van der Waals surface area contributed by atoms with E-state index in [0.717, 1.165) is 167 Å². The molecule has 0 saturated heterocycles. The summed E-state index contributed by atoms with van der Waals surface area (Å²) in [6, 6.07) is 0. The predicted octanol–water partition coefficient (Wildman–Crippen LogP) is 23.3. The lowest BCUT2D eigenvalue weighted by Crippen LogP contribution is -2.30. The van der Waals surface area contributed by atoms with E-state index in [-0.39, 0.29) is 19.3 Å². The number of allylic oxidation sites excluding steroid dienone is 34. The van der Waals surface area contributed by atoms with Gasteiger partial charge in [0.15, 0.2) is 6.10 Å². The Kier molecular flexibility index (Phi) is 73.4. The maximum absolute atomic E-state index is 13.0. The zero-order chi connectivity index (χ0) is 76.6. The van der Waals surface area contributed by atoms with Crippen LogP contribution in [0.25, 0.3) is 0 Å². The molecule has 0 rings (SSSR count). The fourth-order valence-electron chi connectivity index (χ4n) is 9.61. The van der Waals surface area contributed by atoms with Crippen LogP contribution in [0.1, 0.15) is 265 Å². The Labute approximate surface area is 635 Å². The highest BCUT2D eigenvalue weighted by atomic mass is 31.2. The molecule has 18 heteroatoms. The van der Waals surface area contributed by atoms with Crippen LogP contribution in [0.5, 0.6) is 0 Å². The molecule has 0 aromatic carbocycles. The molecule has 0 spiro atoms. The number of phosphoric ester groups is 2. The monoisotopic (exact) mass is 1500 g/mol. The first-order chi connectivity index (χ1) is 51.2. The number of unbranched alkanes of at least 4 members (excludes halogenated alkanes) is 15. The average molecular weight is 1500 g/mol. The van der Waals surface area contributed by atoms with Gasteiger partial charge in [-0.25, -0.2) is 9.13 Å². The normalized spacial score (nSPS) is 15.1. The summed E-state index contributed by atoms with van der Waals surface area (Å²) in [5.74, 6) is -1.69. The topological polar surface area (TPSA) is 231 Å². The second-order valence-corrected chi connectivity index (χ2v) is 28.3. The molecular weight excluding hydrogens is 1360 g/mol. The summed E-state index contributed by atoms with van der Waals surface area (Å²) in [5.41, 5.74) is 0. The predicted molar refractivity (Wildman–Crippen MR) is 435 cm³/mol. The Morgan fingerprint density at radius 3 is 0.781 bits per heavy atom. The lowest BCUT2D eigenvalue weighted by Gasteiger charge is -2.21. The molecular formula is C87H138O16P2. The van der Waals surface area contributed by atoms with Crippen molar-refractivity contribution < 1.29 is 75.8 Å². The molecule has 5 atom stereocenters. The molecule has 0 fully saturated rings. The molecule has 16 nitrogen and oxygen atoms in total. The fourth-order valence-corrected chi connectivity index (χ4v) is 11.2. The highest BCUT2D eigenvalue weighted by Gasteiger charge is 2.29. The van der Waals surface area contributed by atoms with E-state index >= 15 is 0 Å². The summed E-state index contributed by atoms with van der Waals surface area (Å²) < 4.78 is 61.1. The number of carbonyl (C=O) groups excluding carboxylic acids is 3. The molecule has 0 amide bonds. The highest BCUT2D eigenvalue weighted by Crippen LogP contribution is 2.45. The van der Waals surface area contributed by atoms with E-state index in [2.05, 4.69) is 215 Å². The quantitative estimate of drug-likeness (QED) is 0.0146. The molecule has 4 N–H and O–H groups in total. The first-order valence-corrected chi connectivity index (χ1v) is 42.4. The fraction of sp³-hybridized carbons (Fsp3) is 0.575. The highest BCUT2D eigenvalue weighted by molar-refractivity contribution is 7.47. The molecule has 0 saturated carbocycles. The van der Waals surface area contributed by atoms with Gasteiger partial charge in [-0.3, -0.25) is 32.5 Å². The van der Waals surface area contributed by atoms with Crippen molar-refractivity contribution in [2.75, 3.05) is 39.6 Å². The van der Waals surface area contributed by atoms with Crippen molar-refractivity contribution >= 4 is 33.6 Å². The SMILES string of the molecule is CC/C=C\C/C=C\C/C=C\C/C=C\C/C=C\C/C=C\CCCCCCCCCCCCC(=O)OCC(O)COP(=O)(O)OCC(O)COP(=O)(O)OCC(COC(=O)CCCCCC/C=C\C/C=C\C/C=C\C/C=C\C/C=C\C/C=C\CC)OC(=O)CCC/C=C\C/C=C\C/C=C\C/C=C\C/C=C\CC. The minimum atomic E-state index is -4.96. The van der Waals surface area contributed by atoms with Crippen LogP contribution in [0, 0.1) is 0 Å². The standard InChI is InChI=1S/C87H138O16P2/c1-4-7-10-13-16-19-22-25-28-31-33-35-37-38-39-40-41-42-44-46-47-50-52-55-58-61-64-67-70-73-85(90)97-76-82(88)77-99-104(93,94)100-78-83(89)79-101-105(95,96)102-81-84(103-87(92)75-72-69-66-63-60-57-54-49-30-27-24-21-18-15-12-9-6-3)80-98-86(91)74-71-68-65-62-59-56-53-51-48-45-43-36-34-32-29-26-23-20-17-14-11-8-5-2/h7-12,16-21,25-30,33-36,38-39,41-42,45,48,53-54,56-57,63,66,82-84,88-89H,4-6,13-15,22-24,31-32,37,40,43-44,46-47,49-52,55,58-62,64-65,67-81H2,1-3H3,(H,93,94)(H,95,96)/b10-7-,11-8-,12-9-,19-16-,20-17-,21-18-,28-25-,29-26-,30-27-,35-33-,36-34-,39-38-,42-41-,48-45-,56-53-,57-54-,66-63-. The average Bonchev–Trinajstić information content (AvgIpc) is 0.941. The number of aliphatic hydroxyl groups excluding tert-OH is 2. The number of phosphoric acid groups is 2. The number of hydrogen-bond acceptors (Lipinski definition) is 14. The van der Waals surface area contributed by atoms with Gasteiger partial charge in [0, 0.05) is 19.3 Å². The first kappa shape index (κ1) is 99.1. The second-order valence-electron chi connectivity index (χ2n) is 25.4. The van der Waals surface area contributed by atoms with Gasteiger partial charge in [-0.15, -0.1) is 0 Å². The molecule has 0 aromatic heterocycles. The van der Waals surface area contributed by atoms with Crippen molar-refractivity contribution in [1.29, 1.82) is 0 Å². The Bertz CT molecular complexity index is 2740.